The van der Waals surface area contributed by atoms with E-state index in [2.05, 4.69) is 39.1 Å². The fraction of sp³-hybridized carbons (Fsp3) is 0.130. The third-order valence-corrected chi connectivity index (χ3v) is 4.64. The van der Waals surface area contributed by atoms with Crippen LogP contribution in [0.4, 0.5) is 0 Å². The summed E-state index contributed by atoms with van der Waals surface area (Å²) in [6.07, 6.45) is 6.19. The first-order chi connectivity index (χ1) is 13.3. The summed E-state index contributed by atoms with van der Waals surface area (Å²) in [7, 11) is 0. The molecule has 4 rings (SSSR count). The first-order valence-corrected chi connectivity index (χ1v) is 9.15. The Kier molecular flexibility index (Phi) is 4.97. The van der Waals surface area contributed by atoms with Crippen LogP contribution in [-0.4, -0.2) is 22.0 Å². The van der Waals surface area contributed by atoms with Crippen LogP contribution in [0.5, 0.6) is 0 Å². The van der Waals surface area contributed by atoms with Gasteiger partial charge >= 0.3 is 0 Å². The highest BCUT2D eigenvalue weighted by Gasteiger charge is 2.02. The largest absolute Gasteiger partial charge is 0.352 e. The maximum Gasteiger partial charge on any atom is 0.244 e. The number of aromatic nitrogens is 2. The van der Waals surface area contributed by atoms with Crippen molar-refractivity contribution in [2.24, 2.45) is 0 Å². The minimum atomic E-state index is -0.0709. The van der Waals surface area contributed by atoms with Crippen molar-refractivity contribution in [2.75, 3.05) is 6.54 Å². The molecule has 1 N–H and O–H groups in total. The molecule has 0 atom stereocenters. The SMILES string of the molecule is O=C(/C=C/c1cccc2ccccc12)NCCCn1cnc2ccccc21. The number of amides is 1. The van der Waals surface area contributed by atoms with Crippen LogP contribution in [-0.2, 0) is 11.3 Å². The van der Waals surface area contributed by atoms with Crippen LogP contribution >= 0.6 is 0 Å². The van der Waals surface area contributed by atoms with Gasteiger partial charge in [-0.1, -0.05) is 54.6 Å². The Labute approximate surface area is 158 Å². The standard InChI is InChI=1S/C23H21N3O/c27-23(14-13-19-9-5-8-18-7-1-2-10-20(18)19)24-15-6-16-26-17-25-21-11-3-4-12-22(21)26/h1-5,7-14,17H,6,15-16H2,(H,24,27)/b14-13+. The molecule has 0 saturated carbocycles. The van der Waals surface area contributed by atoms with Crippen molar-refractivity contribution in [3.63, 3.8) is 0 Å². The lowest BCUT2D eigenvalue weighted by Gasteiger charge is -2.05. The molecule has 4 heteroatoms. The Morgan fingerprint density at radius 2 is 1.81 bits per heavy atom. The van der Waals surface area contributed by atoms with E-state index in [0.717, 1.165) is 34.9 Å². The summed E-state index contributed by atoms with van der Waals surface area (Å²) >= 11 is 0. The quantitative estimate of drug-likeness (QED) is 0.411. The van der Waals surface area contributed by atoms with Crippen LogP contribution in [0, 0.1) is 0 Å². The zero-order valence-electron chi connectivity index (χ0n) is 15.0. The summed E-state index contributed by atoms with van der Waals surface area (Å²) in [5, 5.41) is 5.27. The number of nitrogens with one attached hydrogen (secondary N) is 1. The van der Waals surface area contributed by atoms with Crippen molar-refractivity contribution in [3.05, 3.63) is 84.7 Å². The molecule has 0 radical (unpaired) electrons. The number of rotatable bonds is 6. The highest BCUT2D eigenvalue weighted by atomic mass is 16.1. The van der Waals surface area contributed by atoms with Crippen molar-refractivity contribution < 1.29 is 4.79 Å². The zero-order chi connectivity index (χ0) is 18.5. The molecule has 0 bridgehead atoms. The number of hydrogen-bond acceptors (Lipinski definition) is 2. The van der Waals surface area contributed by atoms with Gasteiger partial charge in [0.2, 0.25) is 5.91 Å². The monoisotopic (exact) mass is 355 g/mol. The number of imidazole rings is 1. The Hall–Kier alpha value is -3.40. The maximum absolute atomic E-state index is 12.1. The van der Waals surface area contributed by atoms with Gasteiger partial charge in [0.1, 0.15) is 0 Å². The van der Waals surface area contributed by atoms with E-state index >= 15 is 0 Å². The lowest BCUT2D eigenvalue weighted by atomic mass is 10.0. The van der Waals surface area contributed by atoms with E-state index in [1.807, 2.05) is 54.9 Å². The van der Waals surface area contributed by atoms with Gasteiger partial charge in [-0.2, -0.15) is 0 Å². The van der Waals surface area contributed by atoms with Crippen molar-refractivity contribution >= 4 is 33.8 Å². The lowest BCUT2D eigenvalue weighted by molar-refractivity contribution is -0.116. The average molecular weight is 355 g/mol. The van der Waals surface area contributed by atoms with Gasteiger partial charge < -0.3 is 9.88 Å². The lowest BCUT2D eigenvalue weighted by Crippen LogP contribution is -2.23. The fourth-order valence-electron chi connectivity index (χ4n) is 3.27. The second-order valence-electron chi connectivity index (χ2n) is 6.47. The Morgan fingerprint density at radius 3 is 2.78 bits per heavy atom. The highest BCUT2D eigenvalue weighted by Crippen LogP contribution is 2.19. The van der Waals surface area contributed by atoms with E-state index in [1.54, 1.807) is 6.08 Å². The van der Waals surface area contributed by atoms with Crippen molar-refractivity contribution in [2.45, 2.75) is 13.0 Å². The number of carbonyl (C=O) groups is 1. The molecule has 0 aliphatic rings. The molecule has 0 saturated heterocycles. The molecule has 3 aromatic carbocycles. The molecule has 1 aromatic heterocycles. The molecule has 27 heavy (non-hydrogen) atoms. The summed E-state index contributed by atoms with van der Waals surface area (Å²) in [5.74, 6) is -0.0709. The number of hydrogen-bond donors (Lipinski definition) is 1. The van der Waals surface area contributed by atoms with Gasteiger partial charge in [0.25, 0.3) is 0 Å². The molecule has 0 unspecified atom stereocenters. The number of benzene rings is 3. The first-order valence-electron chi connectivity index (χ1n) is 9.15. The predicted molar refractivity (Wildman–Crippen MR) is 110 cm³/mol. The average Bonchev–Trinajstić information content (AvgIpc) is 3.13. The van der Waals surface area contributed by atoms with Gasteiger partial charge in [-0.25, -0.2) is 4.98 Å². The van der Waals surface area contributed by atoms with E-state index in [1.165, 1.54) is 5.39 Å². The number of fused-ring (bicyclic) bond motifs is 2. The second-order valence-corrected chi connectivity index (χ2v) is 6.47. The summed E-state index contributed by atoms with van der Waals surface area (Å²) < 4.78 is 2.12. The summed E-state index contributed by atoms with van der Waals surface area (Å²) in [6.45, 7) is 1.46. The Bertz CT molecular complexity index is 1110. The van der Waals surface area contributed by atoms with Crippen LogP contribution in [0.25, 0.3) is 27.9 Å². The van der Waals surface area contributed by atoms with Gasteiger partial charge in [0, 0.05) is 19.2 Å². The molecular weight excluding hydrogens is 334 g/mol. The van der Waals surface area contributed by atoms with Crippen LogP contribution < -0.4 is 5.32 Å². The minimum absolute atomic E-state index is 0.0709. The zero-order valence-corrected chi connectivity index (χ0v) is 15.0. The highest BCUT2D eigenvalue weighted by molar-refractivity contribution is 5.96. The molecule has 0 spiro atoms. The first kappa shape index (κ1) is 17.0. The number of carbonyl (C=O) groups excluding carboxylic acids is 1. The number of nitrogens with zero attached hydrogens (tertiary/aromatic N) is 2. The third-order valence-electron chi connectivity index (χ3n) is 4.64. The summed E-state index contributed by atoms with van der Waals surface area (Å²) in [5.41, 5.74) is 3.17. The molecule has 134 valence electrons. The van der Waals surface area contributed by atoms with E-state index in [4.69, 9.17) is 0 Å². The van der Waals surface area contributed by atoms with E-state index < -0.39 is 0 Å². The van der Waals surface area contributed by atoms with Crippen LogP contribution in [0.3, 0.4) is 0 Å². The molecule has 1 heterocycles. The molecule has 0 aliphatic carbocycles. The fourth-order valence-corrected chi connectivity index (χ4v) is 3.27. The number of aryl methyl sites for hydroxylation is 1. The van der Waals surface area contributed by atoms with E-state index in [-0.39, 0.29) is 5.91 Å². The normalized spacial score (nSPS) is 11.4. The molecule has 4 aromatic rings. The van der Waals surface area contributed by atoms with E-state index in [0.29, 0.717) is 6.54 Å². The Balaban J connectivity index is 1.31. The maximum atomic E-state index is 12.1. The molecule has 0 fully saturated rings. The Morgan fingerprint density at radius 1 is 1.00 bits per heavy atom. The molecule has 1 amide bonds. The molecule has 0 aliphatic heterocycles. The van der Waals surface area contributed by atoms with Crippen LogP contribution in [0.1, 0.15) is 12.0 Å². The van der Waals surface area contributed by atoms with Crippen molar-refractivity contribution in [1.29, 1.82) is 0 Å². The van der Waals surface area contributed by atoms with Crippen molar-refractivity contribution in [1.82, 2.24) is 14.9 Å². The molecule has 4 nitrogen and oxygen atoms in total. The van der Waals surface area contributed by atoms with Gasteiger partial charge in [-0.3, -0.25) is 4.79 Å². The van der Waals surface area contributed by atoms with Crippen molar-refractivity contribution in [3.8, 4) is 0 Å². The predicted octanol–water partition coefficient (Wildman–Crippen LogP) is 4.41. The smallest absolute Gasteiger partial charge is 0.244 e. The summed E-state index contributed by atoms with van der Waals surface area (Å²) in [6, 6.07) is 22.4. The topological polar surface area (TPSA) is 46.9 Å². The van der Waals surface area contributed by atoms with Gasteiger partial charge in [-0.05, 0) is 41.0 Å². The van der Waals surface area contributed by atoms with Gasteiger partial charge in [-0.15, -0.1) is 0 Å². The number of para-hydroxylation sites is 2. The van der Waals surface area contributed by atoms with Gasteiger partial charge in [0.15, 0.2) is 0 Å². The van der Waals surface area contributed by atoms with Gasteiger partial charge in [0.05, 0.1) is 17.4 Å². The molecular formula is C23H21N3O. The minimum Gasteiger partial charge on any atom is -0.352 e. The van der Waals surface area contributed by atoms with Crippen LogP contribution in [0.15, 0.2) is 79.1 Å². The van der Waals surface area contributed by atoms with E-state index in [9.17, 15) is 4.79 Å². The summed E-state index contributed by atoms with van der Waals surface area (Å²) in [4.78, 5) is 16.5. The third kappa shape index (κ3) is 3.90. The second kappa shape index (κ2) is 7.87. The van der Waals surface area contributed by atoms with Crippen LogP contribution in [0.2, 0.25) is 0 Å².